The Morgan fingerprint density at radius 1 is 1.22 bits per heavy atom. The fourth-order valence-corrected chi connectivity index (χ4v) is 3.71. The van der Waals surface area contributed by atoms with E-state index in [1.54, 1.807) is 0 Å². The zero-order valence-electron chi connectivity index (χ0n) is 10.6. The van der Waals surface area contributed by atoms with Crippen LogP contribution in [0.25, 0.3) is 0 Å². The second kappa shape index (κ2) is 5.20. The first-order valence-corrected chi connectivity index (χ1v) is 6.71. The number of rotatable bonds is 1. The number of benzene rings is 1. The molecule has 1 spiro atoms. The van der Waals surface area contributed by atoms with Crippen molar-refractivity contribution >= 4 is 12.4 Å². The molecule has 3 heteroatoms. The molecular weight excluding hydrogens is 246 g/mol. The Balaban J connectivity index is 0.00000120. The van der Waals surface area contributed by atoms with Gasteiger partial charge in [-0.25, -0.2) is 0 Å². The average Bonchev–Trinajstić information content (AvgIpc) is 2.65. The molecule has 0 radical (unpaired) electrons. The van der Waals surface area contributed by atoms with E-state index in [2.05, 4.69) is 18.2 Å². The Labute approximate surface area is 115 Å². The molecule has 0 heterocycles. The summed E-state index contributed by atoms with van der Waals surface area (Å²) < 4.78 is 0. The molecular formula is C15H22ClNO. The van der Waals surface area contributed by atoms with Crippen LogP contribution >= 0.6 is 12.4 Å². The minimum absolute atomic E-state index is 0. The Morgan fingerprint density at radius 2 is 1.89 bits per heavy atom. The molecule has 18 heavy (non-hydrogen) atoms. The largest absolute Gasteiger partial charge is 0.388 e. The summed E-state index contributed by atoms with van der Waals surface area (Å²) in [7, 11) is 0. The Morgan fingerprint density at radius 3 is 2.50 bits per heavy atom. The van der Waals surface area contributed by atoms with Crippen molar-refractivity contribution in [3.8, 4) is 0 Å². The quantitative estimate of drug-likeness (QED) is 0.822. The SMILES string of the molecule is Cl.NCC1CCC2(CC1)Cc1ccccc1C2O. The van der Waals surface area contributed by atoms with Crippen molar-refractivity contribution in [3.05, 3.63) is 35.4 Å². The third-order valence-corrected chi connectivity index (χ3v) is 4.91. The van der Waals surface area contributed by atoms with Crippen molar-refractivity contribution in [2.24, 2.45) is 17.1 Å². The van der Waals surface area contributed by atoms with E-state index in [1.165, 1.54) is 24.0 Å². The predicted octanol–water partition coefficient (Wildman–Crippen LogP) is 2.83. The molecule has 1 aromatic carbocycles. The van der Waals surface area contributed by atoms with Gasteiger partial charge in [0.1, 0.15) is 0 Å². The first-order valence-electron chi connectivity index (χ1n) is 6.71. The summed E-state index contributed by atoms with van der Waals surface area (Å²) in [5, 5.41) is 10.6. The molecule has 2 aliphatic carbocycles. The van der Waals surface area contributed by atoms with Gasteiger partial charge in [-0.3, -0.25) is 0 Å². The van der Waals surface area contributed by atoms with Crippen molar-refractivity contribution in [1.29, 1.82) is 0 Å². The van der Waals surface area contributed by atoms with E-state index < -0.39 is 0 Å². The van der Waals surface area contributed by atoms with Gasteiger partial charge < -0.3 is 10.8 Å². The fourth-order valence-electron chi connectivity index (χ4n) is 3.71. The lowest BCUT2D eigenvalue weighted by Gasteiger charge is -2.39. The van der Waals surface area contributed by atoms with Gasteiger partial charge in [-0.15, -0.1) is 12.4 Å². The highest BCUT2D eigenvalue weighted by molar-refractivity contribution is 5.85. The van der Waals surface area contributed by atoms with Crippen LogP contribution in [0.1, 0.15) is 42.9 Å². The van der Waals surface area contributed by atoms with Gasteiger partial charge in [0.05, 0.1) is 6.10 Å². The summed E-state index contributed by atoms with van der Waals surface area (Å²) in [6.45, 7) is 0.805. The molecule has 1 atom stereocenters. The number of hydrogen-bond donors (Lipinski definition) is 2. The lowest BCUT2D eigenvalue weighted by atomic mass is 9.67. The molecule has 0 aliphatic heterocycles. The van der Waals surface area contributed by atoms with Crippen molar-refractivity contribution < 1.29 is 5.11 Å². The van der Waals surface area contributed by atoms with E-state index in [9.17, 15) is 5.11 Å². The van der Waals surface area contributed by atoms with Crippen LogP contribution in [0.4, 0.5) is 0 Å². The Hall–Kier alpha value is -0.570. The molecule has 0 amide bonds. The van der Waals surface area contributed by atoms with Crippen molar-refractivity contribution in [1.82, 2.24) is 0 Å². The number of hydrogen-bond acceptors (Lipinski definition) is 2. The highest BCUT2D eigenvalue weighted by Gasteiger charge is 2.46. The molecule has 1 saturated carbocycles. The Kier molecular flexibility index (Phi) is 4.00. The molecule has 1 aromatic rings. The summed E-state index contributed by atoms with van der Waals surface area (Å²) >= 11 is 0. The third kappa shape index (κ3) is 2.07. The molecule has 1 fully saturated rings. The van der Waals surface area contributed by atoms with Crippen LogP contribution in [-0.4, -0.2) is 11.7 Å². The highest BCUT2D eigenvalue weighted by atomic mass is 35.5. The van der Waals surface area contributed by atoms with Gasteiger partial charge in [-0.1, -0.05) is 24.3 Å². The number of halogens is 1. The molecule has 0 saturated heterocycles. The van der Waals surface area contributed by atoms with Gasteiger partial charge in [0.25, 0.3) is 0 Å². The van der Waals surface area contributed by atoms with E-state index in [0.29, 0.717) is 5.92 Å². The standard InChI is InChI=1S/C15H21NO.ClH/c16-10-11-5-7-15(8-6-11)9-12-3-1-2-4-13(12)14(15)17;/h1-4,11,14,17H,5-10,16H2;1H. The summed E-state index contributed by atoms with van der Waals surface area (Å²) in [6.07, 6.45) is 5.43. The lowest BCUT2D eigenvalue weighted by Crippen LogP contribution is -2.33. The summed E-state index contributed by atoms with van der Waals surface area (Å²) in [5.41, 5.74) is 8.39. The van der Waals surface area contributed by atoms with Gasteiger partial charge in [0.15, 0.2) is 0 Å². The maximum atomic E-state index is 10.6. The van der Waals surface area contributed by atoms with Gasteiger partial charge in [0, 0.05) is 5.41 Å². The van der Waals surface area contributed by atoms with Gasteiger partial charge >= 0.3 is 0 Å². The van der Waals surface area contributed by atoms with E-state index in [-0.39, 0.29) is 23.9 Å². The minimum atomic E-state index is -0.252. The van der Waals surface area contributed by atoms with Crippen LogP contribution in [-0.2, 0) is 6.42 Å². The van der Waals surface area contributed by atoms with Gasteiger partial charge in [-0.2, -0.15) is 0 Å². The van der Waals surface area contributed by atoms with E-state index in [4.69, 9.17) is 5.73 Å². The van der Waals surface area contributed by atoms with Gasteiger partial charge in [-0.05, 0) is 55.7 Å². The smallest absolute Gasteiger partial charge is 0.0852 e. The van der Waals surface area contributed by atoms with Crippen LogP contribution in [0.3, 0.4) is 0 Å². The minimum Gasteiger partial charge on any atom is -0.388 e. The number of aliphatic hydroxyl groups is 1. The average molecular weight is 268 g/mol. The molecule has 1 unspecified atom stereocenters. The molecule has 3 rings (SSSR count). The van der Waals surface area contributed by atoms with Crippen molar-refractivity contribution in [2.75, 3.05) is 6.54 Å². The van der Waals surface area contributed by atoms with Crippen molar-refractivity contribution in [2.45, 2.75) is 38.2 Å². The van der Waals surface area contributed by atoms with Gasteiger partial charge in [0.2, 0.25) is 0 Å². The van der Waals surface area contributed by atoms with Crippen molar-refractivity contribution in [3.63, 3.8) is 0 Å². The molecule has 2 nitrogen and oxygen atoms in total. The Bertz CT molecular complexity index is 413. The highest BCUT2D eigenvalue weighted by Crippen LogP contribution is 2.54. The maximum absolute atomic E-state index is 10.6. The zero-order chi connectivity index (χ0) is 11.9. The van der Waals surface area contributed by atoms with E-state index >= 15 is 0 Å². The third-order valence-electron chi connectivity index (χ3n) is 4.91. The first-order chi connectivity index (χ1) is 8.25. The number of aliphatic hydroxyl groups excluding tert-OH is 1. The number of nitrogens with two attached hydrogens (primary N) is 1. The molecule has 3 N–H and O–H groups in total. The molecule has 0 aromatic heterocycles. The summed E-state index contributed by atoms with van der Waals surface area (Å²) in [5.74, 6) is 0.677. The topological polar surface area (TPSA) is 46.2 Å². The summed E-state index contributed by atoms with van der Waals surface area (Å²) in [4.78, 5) is 0. The fraction of sp³-hybridized carbons (Fsp3) is 0.600. The van der Waals surface area contributed by atoms with E-state index in [1.807, 2.05) is 6.07 Å². The summed E-state index contributed by atoms with van der Waals surface area (Å²) in [6, 6.07) is 8.37. The molecule has 0 bridgehead atoms. The van der Waals surface area contributed by atoms with Crippen LogP contribution in [0.2, 0.25) is 0 Å². The first kappa shape index (κ1) is 13.9. The van der Waals surface area contributed by atoms with Crippen LogP contribution in [0.5, 0.6) is 0 Å². The zero-order valence-corrected chi connectivity index (χ0v) is 11.5. The second-order valence-electron chi connectivity index (χ2n) is 5.82. The van der Waals surface area contributed by atoms with E-state index in [0.717, 1.165) is 25.8 Å². The second-order valence-corrected chi connectivity index (χ2v) is 5.82. The monoisotopic (exact) mass is 267 g/mol. The van der Waals surface area contributed by atoms with Crippen LogP contribution in [0, 0.1) is 11.3 Å². The molecule has 100 valence electrons. The van der Waals surface area contributed by atoms with Crippen LogP contribution in [0.15, 0.2) is 24.3 Å². The normalized spacial score (nSPS) is 34.1. The van der Waals surface area contributed by atoms with Crippen LogP contribution < -0.4 is 5.73 Å². The maximum Gasteiger partial charge on any atom is 0.0852 e. The predicted molar refractivity (Wildman–Crippen MR) is 75.8 cm³/mol. The molecule has 2 aliphatic rings. The lowest BCUT2D eigenvalue weighted by molar-refractivity contribution is -0.000563. The number of fused-ring (bicyclic) bond motifs is 1.